The Morgan fingerprint density at radius 3 is 2.95 bits per heavy atom. The van der Waals surface area contributed by atoms with Crippen LogP contribution >= 0.6 is 15.9 Å². The fourth-order valence-corrected chi connectivity index (χ4v) is 1.96. The predicted molar refractivity (Wildman–Crippen MR) is 77.9 cm³/mol. The summed E-state index contributed by atoms with van der Waals surface area (Å²) in [4.78, 5) is 8.39. The lowest BCUT2D eigenvalue weighted by Gasteiger charge is -2.19. The first-order chi connectivity index (χ1) is 9.53. The first-order valence-corrected chi connectivity index (χ1v) is 7.14. The Hall–Kier alpha value is -1.31. The summed E-state index contributed by atoms with van der Waals surface area (Å²) in [6, 6.07) is 1.85. The van der Waals surface area contributed by atoms with E-state index in [9.17, 15) is 0 Å². The highest BCUT2D eigenvalue weighted by Gasteiger charge is 2.28. The number of nitrogens with two attached hydrogens (primary N) is 1. The van der Waals surface area contributed by atoms with Crippen molar-refractivity contribution in [2.75, 3.05) is 13.2 Å². The lowest BCUT2D eigenvalue weighted by Crippen LogP contribution is -2.39. The maximum atomic E-state index is 6.17. The van der Waals surface area contributed by atoms with Gasteiger partial charge in [-0.15, -0.1) is 0 Å². The molecule has 0 aromatic carbocycles. The van der Waals surface area contributed by atoms with E-state index in [-0.39, 0.29) is 0 Å². The molecule has 1 atom stereocenters. The van der Waals surface area contributed by atoms with Gasteiger partial charge in [-0.05, 0) is 35.3 Å². The molecule has 2 aromatic heterocycles. The summed E-state index contributed by atoms with van der Waals surface area (Å²) in [5, 5.41) is 3.94. The Kier molecular flexibility index (Phi) is 4.85. The Bertz CT molecular complexity index is 571. The highest BCUT2D eigenvalue weighted by Crippen LogP contribution is 2.23. The van der Waals surface area contributed by atoms with Crippen LogP contribution in [0.2, 0.25) is 0 Å². The molecule has 0 amide bonds. The molecule has 0 bridgehead atoms. The molecule has 7 heteroatoms. The van der Waals surface area contributed by atoms with Gasteiger partial charge < -0.3 is 15.0 Å². The fourth-order valence-electron chi connectivity index (χ4n) is 1.59. The molecule has 0 aliphatic carbocycles. The first kappa shape index (κ1) is 15.1. The van der Waals surface area contributed by atoms with E-state index in [0.29, 0.717) is 24.9 Å². The Morgan fingerprint density at radius 1 is 1.45 bits per heavy atom. The summed E-state index contributed by atoms with van der Waals surface area (Å²) in [7, 11) is 0. The molecule has 0 aliphatic rings. The average molecular weight is 341 g/mol. The van der Waals surface area contributed by atoms with Gasteiger partial charge in [-0.2, -0.15) is 4.98 Å². The molecule has 6 nitrogen and oxygen atoms in total. The molecule has 1 unspecified atom stereocenters. The Labute approximate surface area is 125 Å². The quantitative estimate of drug-likeness (QED) is 0.813. The van der Waals surface area contributed by atoms with E-state index in [1.54, 1.807) is 12.4 Å². The van der Waals surface area contributed by atoms with E-state index in [4.69, 9.17) is 15.0 Å². The minimum atomic E-state index is -0.781. The second kappa shape index (κ2) is 6.43. The molecule has 0 spiro atoms. The molecule has 0 saturated heterocycles. The number of pyridine rings is 1. The van der Waals surface area contributed by atoms with Crippen molar-refractivity contribution in [3.8, 4) is 11.5 Å². The van der Waals surface area contributed by atoms with Gasteiger partial charge in [0.15, 0.2) is 5.82 Å². The van der Waals surface area contributed by atoms with Crippen LogP contribution < -0.4 is 5.73 Å². The number of hydrogen-bond acceptors (Lipinski definition) is 6. The predicted octanol–water partition coefficient (Wildman–Crippen LogP) is 2.49. The number of aromatic nitrogens is 3. The van der Waals surface area contributed by atoms with Crippen molar-refractivity contribution >= 4 is 15.9 Å². The van der Waals surface area contributed by atoms with Crippen LogP contribution in [0.1, 0.15) is 26.1 Å². The molecular formula is C13H17BrN4O2. The number of halogens is 1. The largest absolute Gasteiger partial charge is 0.379 e. The molecule has 0 aliphatic heterocycles. The van der Waals surface area contributed by atoms with Gasteiger partial charge in [-0.25, -0.2) is 0 Å². The molecule has 108 valence electrons. The minimum Gasteiger partial charge on any atom is -0.379 e. The molecule has 0 fully saturated rings. The molecule has 0 saturated carbocycles. The second-order valence-corrected chi connectivity index (χ2v) is 5.70. The van der Waals surface area contributed by atoms with E-state index in [2.05, 4.69) is 31.1 Å². The van der Waals surface area contributed by atoms with E-state index >= 15 is 0 Å². The zero-order valence-electron chi connectivity index (χ0n) is 11.5. The maximum Gasteiger partial charge on any atom is 0.259 e. The van der Waals surface area contributed by atoms with Crippen LogP contribution in [0.15, 0.2) is 27.5 Å². The van der Waals surface area contributed by atoms with Crippen LogP contribution in [0, 0.1) is 0 Å². The second-order valence-electron chi connectivity index (χ2n) is 4.79. The van der Waals surface area contributed by atoms with Gasteiger partial charge in [0.1, 0.15) is 5.54 Å². The van der Waals surface area contributed by atoms with Crippen LogP contribution in [0.5, 0.6) is 0 Å². The number of hydrogen-bond donors (Lipinski definition) is 1. The Balaban J connectivity index is 2.16. The van der Waals surface area contributed by atoms with Crippen LogP contribution in [-0.2, 0) is 10.3 Å². The summed E-state index contributed by atoms with van der Waals surface area (Å²) in [5.74, 6) is 0.810. The highest BCUT2D eigenvalue weighted by atomic mass is 79.9. The van der Waals surface area contributed by atoms with E-state index in [0.717, 1.165) is 16.5 Å². The van der Waals surface area contributed by atoms with Crippen LogP contribution in [0.3, 0.4) is 0 Å². The molecule has 2 aromatic rings. The normalized spacial score (nSPS) is 14.2. The van der Waals surface area contributed by atoms with Crippen molar-refractivity contribution in [1.82, 2.24) is 15.1 Å². The molecule has 0 radical (unpaired) electrons. The number of nitrogens with zero attached hydrogens (tertiary/aromatic N) is 3. The topological polar surface area (TPSA) is 87.1 Å². The van der Waals surface area contributed by atoms with Crippen molar-refractivity contribution < 1.29 is 9.26 Å². The third kappa shape index (κ3) is 3.62. The van der Waals surface area contributed by atoms with Gasteiger partial charge in [-0.3, -0.25) is 4.98 Å². The summed E-state index contributed by atoms with van der Waals surface area (Å²) in [6.45, 7) is 4.86. The lowest BCUT2D eigenvalue weighted by molar-refractivity contribution is 0.0867. The van der Waals surface area contributed by atoms with Crippen LogP contribution in [-0.4, -0.2) is 28.3 Å². The van der Waals surface area contributed by atoms with Gasteiger partial charge in [0.05, 0.1) is 12.2 Å². The summed E-state index contributed by atoms with van der Waals surface area (Å²) in [6.07, 6.45) is 4.28. The zero-order valence-corrected chi connectivity index (χ0v) is 13.1. The molecular weight excluding hydrogens is 324 g/mol. The Morgan fingerprint density at radius 2 is 2.25 bits per heavy atom. The fraction of sp³-hybridized carbons (Fsp3) is 0.462. The van der Waals surface area contributed by atoms with E-state index in [1.807, 2.05) is 19.9 Å². The van der Waals surface area contributed by atoms with Crippen molar-refractivity contribution in [3.63, 3.8) is 0 Å². The molecule has 2 rings (SSSR count). The summed E-state index contributed by atoms with van der Waals surface area (Å²) in [5.41, 5.74) is 6.12. The third-order valence-electron chi connectivity index (χ3n) is 2.64. The van der Waals surface area contributed by atoms with Gasteiger partial charge in [0.2, 0.25) is 0 Å². The first-order valence-electron chi connectivity index (χ1n) is 6.34. The molecule has 20 heavy (non-hydrogen) atoms. The number of ether oxygens (including phenoxy) is 1. The molecule has 2 N–H and O–H groups in total. The maximum absolute atomic E-state index is 6.17. The van der Waals surface area contributed by atoms with Crippen LogP contribution in [0.4, 0.5) is 0 Å². The smallest absolute Gasteiger partial charge is 0.259 e. The van der Waals surface area contributed by atoms with Gasteiger partial charge in [-0.1, -0.05) is 12.1 Å². The molecule has 2 heterocycles. The monoisotopic (exact) mass is 340 g/mol. The third-order valence-corrected chi connectivity index (χ3v) is 3.07. The van der Waals surface area contributed by atoms with Gasteiger partial charge in [0.25, 0.3) is 5.89 Å². The van der Waals surface area contributed by atoms with Crippen LogP contribution in [0.25, 0.3) is 11.5 Å². The van der Waals surface area contributed by atoms with Crippen molar-refractivity contribution in [2.45, 2.75) is 25.8 Å². The SMILES string of the molecule is CCCOCC(C)(N)c1noc(-c2cncc(Br)c2)n1. The van der Waals surface area contributed by atoms with E-state index in [1.165, 1.54) is 0 Å². The number of rotatable bonds is 6. The lowest BCUT2D eigenvalue weighted by atomic mass is 10.1. The van der Waals surface area contributed by atoms with Gasteiger partial charge >= 0.3 is 0 Å². The van der Waals surface area contributed by atoms with Crippen molar-refractivity contribution in [3.05, 3.63) is 28.8 Å². The highest BCUT2D eigenvalue weighted by molar-refractivity contribution is 9.10. The van der Waals surface area contributed by atoms with Crippen molar-refractivity contribution in [1.29, 1.82) is 0 Å². The van der Waals surface area contributed by atoms with E-state index < -0.39 is 5.54 Å². The van der Waals surface area contributed by atoms with Crippen molar-refractivity contribution in [2.24, 2.45) is 5.73 Å². The standard InChI is InChI=1S/C13H17BrN4O2/c1-3-4-19-8-13(2,15)12-17-11(20-18-12)9-5-10(14)7-16-6-9/h5-7H,3-4,8,15H2,1-2H3. The average Bonchev–Trinajstić information content (AvgIpc) is 2.89. The zero-order chi connectivity index (χ0) is 14.6. The minimum absolute atomic E-state index is 0.344. The summed E-state index contributed by atoms with van der Waals surface area (Å²) < 4.78 is 11.6. The van der Waals surface area contributed by atoms with Gasteiger partial charge in [0, 0.05) is 23.5 Å². The summed E-state index contributed by atoms with van der Waals surface area (Å²) >= 11 is 3.35.